The van der Waals surface area contributed by atoms with Gasteiger partial charge in [0.2, 0.25) is 5.91 Å². The Morgan fingerprint density at radius 1 is 1.23 bits per heavy atom. The molecule has 0 aromatic carbocycles. The molecule has 5 nitrogen and oxygen atoms in total. The quantitative estimate of drug-likeness (QED) is 0.848. The molecule has 3 atom stereocenters. The Bertz CT molecular complexity index is 388. The summed E-state index contributed by atoms with van der Waals surface area (Å²) in [6.07, 6.45) is 6.09. The van der Waals surface area contributed by atoms with E-state index >= 15 is 0 Å². The molecule has 0 aliphatic carbocycles. The molecule has 0 aromatic rings. The topological polar surface area (TPSA) is 44.8 Å². The summed E-state index contributed by atoms with van der Waals surface area (Å²) >= 11 is 0. The molecule has 126 valence electrons. The predicted octanol–water partition coefficient (Wildman–Crippen LogP) is 1.23. The number of hydrogen-bond acceptors (Lipinski definition) is 4. The van der Waals surface area contributed by atoms with E-state index < -0.39 is 0 Å². The first kappa shape index (κ1) is 16.2. The maximum absolute atomic E-state index is 12.6. The zero-order valence-electron chi connectivity index (χ0n) is 14.1. The van der Waals surface area contributed by atoms with Gasteiger partial charge in [0, 0.05) is 25.2 Å². The van der Waals surface area contributed by atoms with Crippen molar-refractivity contribution >= 4 is 5.91 Å². The molecule has 22 heavy (non-hydrogen) atoms. The molecular formula is C17H31N3O2. The molecule has 3 unspecified atom stereocenters. The van der Waals surface area contributed by atoms with Gasteiger partial charge in [-0.05, 0) is 52.6 Å². The van der Waals surface area contributed by atoms with E-state index in [-0.39, 0.29) is 18.1 Å². The average molecular weight is 309 g/mol. The molecule has 0 aromatic heterocycles. The lowest BCUT2D eigenvalue weighted by Crippen LogP contribution is -2.55. The largest absolute Gasteiger partial charge is 0.373 e. The van der Waals surface area contributed by atoms with Crippen LogP contribution >= 0.6 is 0 Å². The standard InChI is InChI=1S/C17H31N3O2/c1-13(2)20-9-4-3-7-16(20)17(21)18-10-15-11-19-8-5-6-14(19)12-22-15/h13-16H,3-12H2,1-2H3,(H,18,21). The smallest absolute Gasteiger partial charge is 0.237 e. The first-order valence-corrected chi connectivity index (χ1v) is 9.04. The third-order valence-corrected chi connectivity index (χ3v) is 5.48. The summed E-state index contributed by atoms with van der Waals surface area (Å²) in [5.41, 5.74) is 0. The van der Waals surface area contributed by atoms with Gasteiger partial charge < -0.3 is 10.1 Å². The summed E-state index contributed by atoms with van der Waals surface area (Å²) in [5, 5.41) is 3.15. The molecular weight excluding hydrogens is 278 g/mol. The van der Waals surface area contributed by atoms with Crippen molar-refractivity contribution in [2.75, 3.05) is 32.8 Å². The van der Waals surface area contributed by atoms with Crippen molar-refractivity contribution in [1.82, 2.24) is 15.1 Å². The molecule has 3 fully saturated rings. The number of nitrogens with zero attached hydrogens (tertiary/aromatic N) is 2. The van der Waals surface area contributed by atoms with Gasteiger partial charge in [0.1, 0.15) is 0 Å². The van der Waals surface area contributed by atoms with E-state index in [0.717, 1.165) is 32.5 Å². The highest BCUT2D eigenvalue weighted by Crippen LogP contribution is 2.23. The monoisotopic (exact) mass is 309 g/mol. The van der Waals surface area contributed by atoms with Crippen molar-refractivity contribution in [3.05, 3.63) is 0 Å². The molecule has 3 heterocycles. The molecule has 5 heteroatoms. The van der Waals surface area contributed by atoms with Crippen LogP contribution in [0.25, 0.3) is 0 Å². The van der Waals surface area contributed by atoms with Crippen LogP contribution in [0.5, 0.6) is 0 Å². The second-order valence-electron chi connectivity index (χ2n) is 7.33. The lowest BCUT2D eigenvalue weighted by atomic mass is 9.99. The molecule has 0 saturated carbocycles. The van der Waals surface area contributed by atoms with E-state index in [1.165, 1.54) is 25.8 Å². The zero-order valence-corrected chi connectivity index (χ0v) is 14.1. The highest BCUT2D eigenvalue weighted by atomic mass is 16.5. The van der Waals surface area contributed by atoms with Gasteiger partial charge in [-0.2, -0.15) is 0 Å². The third kappa shape index (κ3) is 3.63. The minimum absolute atomic E-state index is 0.0527. The number of amides is 1. The van der Waals surface area contributed by atoms with Gasteiger partial charge in [-0.25, -0.2) is 0 Å². The van der Waals surface area contributed by atoms with Crippen LogP contribution in [0.15, 0.2) is 0 Å². The Balaban J connectivity index is 1.47. The van der Waals surface area contributed by atoms with Crippen LogP contribution in [0.1, 0.15) is 46.0 Å². The van der Waals surface area contributed by atoms with E-state index in [1.807, 2.05) is 0 Å². The SMILES string of the molecule is CC(C)N1CCCCC1C(=O)NCC1CN2CCCC2CO1. The van der Waals surface area contributed by atoms with Gasteiger partial charge in [-0.3, -0.25) is 14.6 Å². The lowest BCUT2D eigenvalue weighted by Gasteiger charge is -2.38. The van der Waals surface area contributed by atoms with E-state index in [0.29, 0.717) is 18.6 Å². The van der Waals surface area contributed by atoms with Crippen molar-refractivity contribution in [1.29, 1.82) is 0 Å². The van der Waals surface area contributed by atoms with Crippen molar-refractivity contribution in [3.63, 3.8) is 0 Å². The zero-order chi connectivity index (χ0) is 15.5. The van der Waals surface area contributed by atoms with Gasteiger partial charge in [0.15, 0.2) is 0 Å². The molecule has 0 radical (unpaired) electrons. The number of hydrogen-bond donors (Lipinski definition) is 1. The molecule has 3 aliphatic heterocycles. The molecule has 1 N–H and O–H groups in total. The van der Waals surface area contributed by atoms with Gasteiger partial charge in [0.25, 0.3) is 0 Å². The molecule has 3 rings (SSSR count). The predicted molar refractivity (Wildman–Crippen MR) is 86.8 cm³/mol. The van der Waals surface area contributed by atoms with Crippen LogP contribution < -0.4 is 5.32 Å². The summed E-state index contributed by atoms with van der Waals surface area (Å²) < 4.78 is 5.93. The summed E-state index contributed by atoms with van der Waals surface area (Å²) in [4.78, 5) is 17.4. The number of ether oxygens (including phenoxy) is 1. The van der Waals surface area contributed by atoms with Crippen molar-refractivity contribution in [3.8, 4) is 0 Å². The second kappa shape index (κ2) is 7.28. The first-order chi connectivity index (χ1) is 10.6. The minimum atomic E-state index is 0.0527. The number of nitrogens with one attached hydrogen (secondary N) is 1. The van der Waals surface area contributed by atoms with E-state index in [4.69, 9.17) is 4.74 Å². The van der Waals surface area contributed by atoms with Crippen LogP contribution in [0.3, 0.4) is 0 Å². The Labute approximate surface area is 134 Å². The summed E-state index contributed by atoms with van der Waals surface area (Å²) in [7, 11) is 0. The van der Waals surface area contributed by atoms with Crippen LogP contribution in [-0.4, -0.2) is 72.7 Å². The lowest BCUT2D eigenvalue weighted by molar-refractivity contribution is -0.130. The Morgan fingerprint density at radius 3 is 2.91 bits per heavy atom. The Kier molecular flexibility index (Phi) is 5.37. The maximum Gasteiger partial charge on any atom is 0.237 e. The molecule has 3 aliphatic rings. The number of carbonyl (C=O) groups is 1. The number of likely N-dealkylation sites (tertiary alicyclic amines) is 1. The number of piperidine rings is 1. The van der Waals surface area contributed by atoms with Crippen molar-refractivity contribution in [2.24, 2.45) is 0 Å². The van der Waals surface area contributed by atoms with Gasteiger partial charge >= 0.3 is 0 Å². The average Bonchev–Trinajstić information content (AvgIpc) is 3.00. The molecule has 1 amide bonds. The van der Waals surface area contributed by atoms with Gasteiger partial charge in [0.05, 0.1) is 18.8 Å². The fourth-order valence-electron chi connectivity index (χ4n) is 4.19. The van der Waals surface area contributed by atoms with E-state index in [9.17, 15) is 4.79 Å². The van der Waals surface area contributed by atoms with Crippen LogP contribution in [0.4, 0.5) is 0 Å². The van der Waals surface area contributed by atoms with Crippen molar-refractivity contribution in [2.45, 2.75) is 70.2 Å². The van der Waals surface area contributed by atoms with Crippen LogP contribution in [0, 0.1) is 0 Å². The molecule has 0 spiro atoms. The van der Waals surface area contributed by atoms with Gasteiger partial charge in [-0.1, -0.05) is 6.42 Å². The highest BCUT2D eigenvalue weighted by molar-refractivity contribution is 5.81. The molecule has 0 bridgehead atoms. The third-order valence-electron chi connectivity index (χ3n) is 5.48. The van der Waals surface area contributed by atoms with Gasteiger partial charge in [-0.15, -0.1) is 0 Å². The fraction of sp³-hybridized carbons (Fsp3) is 0.941. The maximum atomic E-state index is 12.6. The number of morpholine rings is 1. The highest BCUT2D eigenvalue weighted by Gasteiger charge is 2.34. The fourth-order valence-corrected chi connectivity index (χ4v) is 4.19. The summed E-state index contributed by atoms with van der Waals surface area (Å²) in [6.45, 7) is 9.08. The second-order valence-corrected chi connectivity index (χ2v) is 7.33. The summed E-state index contributed by atoms with van der Waals surface area (Å²) in [6, 6.07) is 1.12. The van der Waals surface area contributed by atoms with Crippen LogP contribution in [-0.2, 0) is 9.53 Å². The number of fused-ring (bicyclic) bond motifs is 1. The Hall–Kier alpha value is -0.650. The van der Waals surface area contributed by atoms with Crippen LogP contribution in [0.2, 0.25) is 0 Å². The number of carbonyl (C=O) groups excluding carboxylic acids is 1. The normalized spacial score (nSPS) is 33.9. The summed E-state index contributed by atoms with van der Waals surface area (Å²) in [5.74, 6) is 0.195. The molecule has 3 saturated heterocycles. The van der Waals surface area contributed by atoms with E-state index in [2.05, 4.69) is 29.0 Å². The Morgan fingerprint density at radius 2 is 2.09 bits per heavy atom. The first-order valence-electron chi connectivity index (χ1n) is 9.04. The van der Waals surface area contributed by atoms with E-state index in [1.54, 1.807) is 0 Å². The number of rotatable bonds is 4. The van der Waals surface area contributed by atoms with Crippen molar-refractivity contribution < 1.29 is 9.53 Å². The minimum Gasteiger partial charge on any atom is -0.373 e.